The van der Waals surface area contributed by atoms with Gasteiger partial charge in [-0.05, 0) is 6.42 Å². The molecule has 0 aliphatic rings. The maximum absolute atomic E-state index is 11.7. The number of nitrogens with two attached hydrogens (primary N) is 1. The van der Waals surface area contributed by atoms with Crippen molar-refractivity contribution in [2.75, 3.05) is 6.54 Å². The molecular formula is C20H37N3O5. The van der Waals surface area contributed by atoms with E-state index in [0.717, 1.165) is 19.3 Å². The van der Waals surface area contributed by atoms with E-state index in [1.165, 1.54) is 51.4 Å². The predicted octanol–water partition coefficient (Wildman–Crippen LogP) is 2.25. The van der Waals surface area contributed by atoms with Crippen molar-refractivity contribution in [3.8, 4) is 0 Å². The van der Waals surface area contributed by atoms with E-state index in [1.54, 1.807) is 0 Å². The number of hydrogen-bond donors (Lipinski definition) is 4. The number of primary amides is 1. The first-order valence-corrected chi connectivity index (χ1v) is 10.4. The quantitative estimate of drug-likeness (QED) is 0.262. The second kappa shape index (κ2) is 17.0. The Morgan fingerprint density at radius 3 is 1.79 bits per heavy atom. The minimum Gasteiger partial charge on any atom is -0.480 e. The summed E-state index contributed by atoms with van der Waals surface area (Å²) in [6, 6.07) is -1.38. The molecule has 0 aromatic rings. The van der Waals surface area contributed by atoms with Gasteiger partial charge in [0, 0.05) is 6.42 Å². The summed E-state index contributed by atoms with van der Waals surface area (Å²) in [6.07, 6.45) is 13.0. The van der Waals surface area contributed by atoms with Gasteiger partial charge in [-0.15, -0.1) is 0 Å². The Kier molecular flexibility index (Phi) is 15.7. The first-order chi connectivity index (χ1) is 13.4. The van der Waals surface area contributed by atoms with E-state index in [9.17, 15) is 19.2 Å². The number of hydrogen-bond acceptors (Lipinski definition) is 4. The first kappa shape index (κ1) is 25.9. The Balaban J connectivity index is 3.65. The zero-order valence-electron chi connectivity index (χ0n) is 17.1. The summed E-state index contributed by atoms with van der Waals surface area (Å²) in [5.41, 5.74) is 4.94. The molecule has 5 N–H and O–H groups in total. The van der Waals surface area contributed by atoms with Crippen molar-refractivity contribution in [1.29, 1.82) is 0 Å². The predicted molar refractivity (Wildman–Crippen MR) is 107 cm³/mol. The molecule has 8 heteroatoms. The lowest BCUT2D eigenvalue weighted by atomic mass is 10.1. The summed E-state index contributed by atoms with van der Waals surface area (Å²) >= 11 is 0. The lowest BCUT2D eigenvalue weighted by molar-refractivity contribution is -0.143. The minimum absolute atomic E-state index is 0.243. The molecule has 0 aliphatic carbocycles. The Labute approximate surface area is 168 Å². The van der Waals surface area contributed by atoms with Crippen LogP contribution in [0.25, 0.3) is 0 Å². The number of carboxylic acids is 1. The average Bonchev–Trinajstić information content (AvgIpc) is 2.63. The van der Waals surface area contributed by atoms with Crippen molar-refractivity contribution in [3.05, 3.63) is 0 Å². The van der Waals surface area contributed by atoms with E-state index in [-0.39, 0.29) is 12.5 Å². The van der Waals surface area contributed by atoms with E-state index in [1.807, 2.05) is 0 Å². The lowest BCUT2D eigenvalue weighted by Gasteiger charge is -2.13. The zero-order chi connectivity index (χ0) is 21.2. The number of aliphatic carboxylic acids is 1. The molecule has 0 saturated heterocycles. The van der Waals surface area contributed by atoms with Gasteiger partial charge in [0.1, 0.15) is 6.04 Å². The smallest absolute Gasteiger partial charge is 0.326 e. The summed E-state index contributed by atoms with van der Waals surface area (Å²) < 4.78 is 0. The Morgan fingerprint density at radius 1 is 0.821 bits per heavy atom. The van der Waals surface area contributed by atoms with Crippen molar-refractivity contribution < 1.29 is 24.3 Å². The molecule has 0 saturated carbocycles. The Morgan fingerprint density at radius 2 is 1.32 bits per heavy atom. The van der Waals surface area contributed by atoms with Gasteiger partial charge in [-0.25, -0.2) is 4.79 Å². The Bertz CT molecular complexity index is 482. The molecule has 3 amide bonds. The van der Waals surface area contributed by atoms with E-state index in [0.29, 0.717) is 6.42 Å². The number of rotatable bonds is 18. The summed E-state index contributed by atoms with van der Waals surface area (Å²) in [7, 11) is 0. The van der Waals surface area contributed by atoms with Crippen LogP contribution in [0.2, 0.25) is 0 Å². The van der Waals surface area contributed by atoms with E-state index < -0.39 is 30.2 Å². The van der Waals surface area contributed by atoms with Crippen LogP contribution in [0.1, 0.15) is 90.4 Å². The topological polar surface area (TPSA) is 139 Å². The highest BCUT2D eigenvalue weighted by Gasteiger charge is 2.22. The van der Waals surface area contributed by atoms with E-state index in [4.69, 9.17) is 10.8 Å². The molecular weight excluding hydrogens is 362 g/mol. The fraction of sp³-hybridized carbons (Fsp3) is 0.800. The van der Waals surface area contributed by atoms with Gasteiger partial charge in [0.05, 0.1) is 13.0 Å². The van der Waals surface area contributed by atoms with Crippen LogP contribution < -0.4 is 16.4 Å². The molecule has 0 rings (SSSR count). The molecule has 0 radical (unpaired) electrons. The standard InChI is InChI=1S/C20H37N3O5/c1-2-3-4-5-6-7-8-9-10-11-12-13-18(25)22-15-19(26)23-16(20(27)28)14-17(21)24/h16H,2-15H2,1H3,(H2,21,24)(H,22,25)(H,23,26)(H,27,28)/t16-/m0/s1. The van der Waals surface area contributed by atoms with Crippen LogP contribution in [0.15, 0.2) is 0 Å². The molecule has 0 unspecified atom stereocenters. The van der Waals surface area contributed by atoms with Crippen LogP contribution in [0.4, 0.5) is 0 Å². The molecule has 0 spiro atoms. The maximum Gasteiger partial charge on any atom is 0.326 e. The summed E-state index contributed by atoms with van der Waals surface area (Å²) in [4.78, 5) is 45.1. The van der Waals surface area contributed by atoms with Gasteiger partial charge in [-0.2, -0.15) is 0 Å². The fourth-order valence-electron chi connectivity index (χ4n) is 2.86. The first-order valence-electron chi connectivity index (χ1n) is 10.4. The van der Waals surface area contributed by atoms with Gasteiger partial charge in [0.2, 0.25) is 17.7 Å². The van der Waals surface area contributed by atoms with Crippen LogP contribution in [0.3, 0.4) is 0 Å². The van der Waals surface area contributed by atoms with Crippen LogP contribution in [0.5, 0.6) is 0 Å². The number of carbonyl (C=O) groups is 4. The summed E-state index contributed by atoms with van der Waals surface area (Å²) in [5, 5.41) is 13.5. The maximum atomic E-state index is 11.7. The number of amides is 3. The monoisotopic (exact) mass is 399 g/mol. The van der Waals surface area contributed by atoms with Crippen molar-refractivity contribution in [2.45, 2.75) is 96.4 Å². The number of unbranched alkanes of at least 4 members (excludes halogenated alkanes) is 10. The van der Waals surface area contributed by atoms with Gasteiger partial charge in [0.15, 0.2) is 0 Å². The largest absolute Gasteiger partial charge is 0.480 e. The highest BCUT2D eigenvalue weighted by Crippen LogP contribution is 2.11. The molecule has 0 aromatic heterocycles. The van der Waals surface area contributed by atoms with Crippen LogP contribution in [-0.4, -0.2) is 41.4 Å². The van der Waals surface area contributed by atoms with Gasteiger partial charge in [-0.1, -0.05) is 71.1 Å². The van der Waals surface area contributed by atoms with Crippen molar-refractivity contribution >= 4 is 23.7 Å². The van der Waals surface area contributed by atoms with Gasteiger partial charge in [0.25, 0.3) is 0 Å². The number of nitrogens with one attached hydrogen (secondary N) is 2. The molecule has 1 atom stereocenters. The van der Waals surface area contributed by atoms with Gasteiger partial charge < -0.3 is 21.5 Å². The molecule has 28 heavy (non-hydrogen) atoms. The van der Waals surface area contributed by atoms with Crippen molar-refractivity contribution in [2.24, 2.45) is 5.73 Å². The summed E-state index contributed by atoms with van der Waals surface area (Å²) in [5.74, 6) is -3.08. The third kappa shape index (κ3) is 16.1. The molecule has 162 valence electrons. The zero-order valence-corrected chi connectivity index (χ0v) is 17.1. The number of carboxylic acid groups (broad SMARTS) is 1. The number of carbonyl (C=O) groups excluding carboxylic acids is 3. The highest BCUT2D eigenvalue weighted by atomic mass is 16.4. The Hall–Kier alpha value is -2.12. The second-order valence-corrected chi connectivity index (χ2v) is 7.19. The van der Waals surface area contributed by atoms with Gasteiger partial charge in [-0.3, -0.25) is 14.4 Å². The van der Waals surface area contributed by atoms with Crippen molar-refractivity contribution in [1.82, 2.24) is 10.6 Å². The van der Waals surface area contributed by atoms with E-state index in [2.05, 4.69) is 17.6 Å². The minimum atomic E-state index is -1.38. The van der Waals surface area contributed by atoms with Crippen molar-refractivity contribution in [3.63, 3.8) is 0 Å². The lowest BCUT2D eigenvalue weighted by Crippen LogP contribution is -2.47. The van der Waals surface area contributed by atoms with Crippen LogP contribution in [0, 0.1) is 0 Å². The molecule has 0 aliphatic heterocycles. The van der Waals surface area contributed by atoms with Crippen LogP contribution in [-0.2, 0) is 19.2 Å². The normalized spacial score (nSPS) is 11.6. The molecule has 0 fully saturated rings. The molecule has 8 nitrogen and oxygen atoms in total. The second-order valence-electron chi connectivity index (χ2n) is 7.19. The summed E-state index contributed by atoms with van der Waals surface area (Å²) in [6.45, 7) is 1.90. The fourth-order valence-corrected chi connectivity index (χ4v) is 2.86. The third-order valence-electron chi connectivity index (χ3n) is 4.49. The average molecular weight is 400 g/mol. The molecule has 0 aromatic carbocycles. The van der Waals surface area contributed by atoms with Gasteiger partial charge >= 0.3 is 5.97 Å². The highest BCUT2D eigenvalue weighted by molar-refractivity contribution is 5.90. The van der Waals surface area contributed by atoms with Crippen LogP contribution >= 0.6 is 0 Å². The SMILES string of the molecule is CCCCCCCCCCCCCC(=O)NCC(=O)N[C@@H](CC(N)=O)C(=O)O. The molecule has 0 heterocycles. The molecule has 0 bridgehead atoms. The van der Waals surface area contributed by atoms with E-state index >= 15 is 0 Å². The third-order valence-corrected chi connectivity index (χ3v) is 4.49.